The Kier molecular flexibility index (Phi) is 2.91. The first-order valence-electron chi connectivity index (χ1n) is 2.72. The average molecular weight is 317 g/mol. The molecule has 10 heavy (non-hydrogen) atoms. The molecule has 0 radical (unpaired) electrons. The standard InChI is InChI=1S/C6H6BrIO2/c7-3-1-4(8)6(10)5(9)2-3/h1-2,5-6,9-10H/t5-,6+/m0/s1. The van der Waals surface area contributed by atoms with E-state index in [9.17, 15) is 5.11 Å². The smallest absolute Gasteiger partial charge is 0.114 e. The van der Waals surface area contributed by atoms with Crippen LogP contribution in [0.25, 0.3) is 0 Å². The number of aliphatic hydroxyl groups excluding tert-OH is 2. The lowest BCUT2D eigenvalue weighted by Crippen LogP contribution is -2.26. The average Bonchev–Trinajstić information content (AvgIpc) is 1.82. The molecule has 1 rings (SSSR count). The third-order valence-electron chi connectivity index (χ3n) is 1.21. The summed E-state index contributed by atoms with van der Waals surface area (Å²) in [5.41, 5.74) is 0. The molecule has 0 aromatic rings. The summed E-state index contributed by atoms with van der Waals surface area (Å²) in [5.74, 6) is 0. The Morgan fingerprint density at radius 2 is 2.10 bits per heavy atom. The highest BCUT2D eigenvalue weighted by Gasteiger charge is 2.20. The van der Waals surface area contributed by atoms with Crippen molar-refractivity contribution in [3.05, 3.63) is 20.2 Å². The first-order valence-corrected chi connectivity index (χ1v) is 4.59. The van der Waals surface area contributed by atoms with Crippen molar-refractivity contribution in [1.82, 2.24) is 0 Å². The Morgan fingerprint density at radius 3 is 2.60 bits per heavy atom. The highest BCUT2D eigenvalue weighted by molar-refractivity contribution is 14.1. The number of aliphatic hydroxyl groups is 2. The molecule has 0 aromatic carbocycles. The van der Waals surface area contributed by atoms with Gasteiger partial charge in [-0.05, 0) is 34.7 Å². The van der Waals surface area contributed by atoms with Crippen molar-refractivity contribution in [2.24, 2.45) is 0 Å². The van der Waals surface area contributed by atoms with E-state index >= 15 is 0 Å². The van der Waals surface area contributed by atoms with Crippen molar-refractivity contribution in [2.75, 3.05) is 0 Å². The summed E-state index contributed by atoms with van der Waals surface area (Å²) < 4.78 is 1.56. The van der Waals surface area contributed by atoms with Crippen LogP contribution < -0.4 is 0 Å². The molecule has 0 amide bonds. The molecule has 4 heteroatoms. The highest BCUT2D eigenvalue weighted by atomic mass is 127. The molecular formula is C6H6BrIO2. The number of halogens is 2. The lowest BCUT2D eigenvalue weighted by molar-refractivity contribution is 0.0780. The van der Waals surface area contributed by atoms with Gasteiger partial charge in [-0.25, -0.2) is 0 Å². The van der Waals surface area contributed by atoms with E-state index in [0.717, 1.165) is 8.06 Å². The van der Waals surface area contributed by atoms with Crippen molar-refractivity contribution in [3.8, 4) is 0 Å². The van der Waals surface area contributed by atoms with Crippen LogP contribution in [0.1, 0.15) is 0 Å². The van der Waals surface area contributed by atoms with Crippen LogP contribution in [-0.4, -0.2) is 22.4 Å². The Bertz CT molecular complexity index is 200. The second kappa shape index (κ2) is 3.34. The fourth-order valence-corrected chi connectivity index (χ4v) is 2.33. The van der Waals surface area contributed by atoms with Crippen LogP contribution in [0.5, 0.6) is 0 Å². The normalized spacial score (nSPS) is 33.2. The molecule has 0 fully saturated rings. The summed E-state index contributed by atoms with van der Waals surface area (Å²) in [5, 5.41) is 18.3. The van der Waals surface area contributed by atoms with E-state index in [1.54, 1.807) is 12.2 Å². The van der Waals surface area contributed by atoms with Gasteiger partial charge >= 0.3 is 0 Å². The third kappa shape index (κ3) is 1.81. The van der Waals surface area contributed by atoms with Crippen LogP contribution in [-0.2, 0) is 0 Å². The van der Waals surface area contributed by atoms with Gasteiger partial charge in [0.1, 0.15) is 12.2 Å². The molecule has 0 heterocycles. The minimum absolute atomic E-state index is 0.748. The first-order chi connectivity index (χ1) is 4.61. The Morgan fingerprint density at radius 1 is 1.50 bits per heavy atom. The van der Waals surface area contributed by atoms with Crippen LogP contribution in [0.15, 0.2) is 20.2 Å². The molecule has 0 aliphatic heterocycles. The van der Waals surface area contributed by atoms with Crippen molar-refractivity contribution in [3.63, 3.8) is 0 Å². The molecule has 1 aliphatic carbocycles. The predicted molar refractivity (Wildman–Crippen MR) is 51.1 cm³/mol. The highest BCUT2D eigenvalue weighted by Crippen LogP contribution is 2.26. The van der Waals surface area contributed by atoms with Gasteiger partial charge in [0.2, 0.25) is 0 Å². The molecule has 1 aliphatic rings. The largest absolute Gasteiger partial charge is 0.386 e. The molecule has 56 valence electrons. The Hall–Kier alpha value is 0.610. The topological polar surface area (TPSA) is 40.5 Å². The maximum atomic E-state index is 9.17. The maximum Gasteiger partial charge on any atom is 0.114 e. The molecule has 0 spiro atoms. The zero-order valence-electron chi connectivity index (χ0n) is 4.96. The minimum Gasteiger partial charge on any atom is -0.386 e. The van der Waals surface area contributed by atoms with Crippen LogP contribution in [0.4, 0.5) is 0 Å². The molecule has 0 saturated heterocycles. The van der Waals surface area contributed by atoms with E-state index in [1.165, 1.54) is 0 Å². The lowest BCUT2D eigenvalue weighted by Gasteiger charge is -2.18. The SMILES string of the molecule is O[C@@H]1C(I)=CC(Br)=C[C@@H]1O. The van der Waals surface area contributed by atoms with Gasteiger partial charge in [0, 0.05) is 8.06 Å². The zero-order valence-corrected chi connectivity index (χ0v) is 8.70. The molecule has 2 N–H and O–H groups in total. The van der Waals surface area contributed by atoms with Gasteiger partial charge in [-0.1, -0.05) is 15.9 Å². The van der Waals surface area contributed by atoms with Crippen LogP contribution in [0.3, 0.4) is 0 Å². The third-order valence-corrected chi connectivity index (χ3v) is 2.65. The van der Waals surface area contributed by atoms with Gasteiger partial charge in [-0.15, -0.1) is 0 Å². The monoisotopic (exact) mass is 316 g/mol. The molecule has 2 atom stereocenters. The summed E-state index contributed by atoms with van der Waals surface area (Å²) in [6.45, 7) is 0. The summed E-state index contributed by atoms with van der Waals surface area (Å²) in [4.78, 5) is 0. The van der Waals surface area contributed by atoms with Gasteiger partial charge in [0.15, 0.2) is 0 Å². The number of hydrogen-bond donors (Lipinski definition) is 2. The van der Waals surface area contributed by atoms with Crippen molar-refractivity contribution in [1.29, 1.82) is 0 Å². The Balaban J connectivity index is 2.85. The summed E-state index contributed by atoms with van der Waals surface area (Å²) >= 11 is 5.20. The minimum atomic E-state index is -0.772. The maximum absolute atomic E-state index is 9.17. The van der Waals surface area contributed by atoms with E-state index in [-0.39, 0.29) is 0 Å². The molecule has 0 bridgehead atoms. The predicted octanol–water partition coefficient (Wildman–Crippen LogP) is 1.32. The van der Waals surface area contributed by atoms with Gasteiger partial charge in [-0.3, -0.25) is 0 Å². The quantitative estimate of drug-likeness (QED) is 0.662. The molecule has 0 saturated carbocycles. The van der Waals surface area contributed by atoms with Gasteiger partial charge in [0.25, 0.3) is 0 Å². The van der Waals surface area contributed by atoms with Crippen LogP contribution >= 0.6 is 38.5 Å². The van der Waals surface area contributed by atoms with Crippen molar-refractivity contribution in [2.45, 2.75) is 12.2 Å². The second-order valence-corrected chi connectivity index (χ2v) is 4.18. The Labute approximate surface area is 80.9 Å². The number of allylic oxidation sites excluding steroid dienone is 2. The summed E-state index contributed by atoms with van der Waals surface area (Å²) in [7, 11) is 0. The molecular weight excluding hydrogens is 311 g/mol. The van der Waals surface area contributed by atoms with E-state index in [0.29, 0.717) is 0 Å². The van der Waals surface area contributed by atoms with Gasteiger partial charge < -0.3 is 10.2 Å². The van der Waals surface area contributed by atoms with E-state index in [1.807, 2.05) is 22.6 Å². The number of hydrogen-bond acceptors (Lipinski definition) is 2. The van der Waals surface area contributed by atoms with Gasteiger partial charge in [-0.2, -0.15) is 0 Å². The van der Waals surface area contributed by atoms with Crippen molar-refractivity contribution < 1.29 is 10.2 Å². The zero-order chi connectivity index (χ0) is 7.72. The fourth-order valence-electron chi connectivity index (χ4n) is 0.683. The van der Waals surface area contributed by atoms with Crippen LogP contribution in [0, 0.1) is 0 Å². The van der Waals surface area contributed by atoms with E-state index in [2.05, 4.69) is 15.9 Å². The fraction of sp³-hybridized carbons (Fsp3) is 0.333. The van der Waals surface area contributed by atoms with Crippen LogP contribution in [0.2, 0.25) is 0 Å². The summed E-state index contributed by atoms with van der Waals surface area (Å²) in [6.07, 6.45) is 1.82. The van der Waals surface area contributed by atoms with E-state index < -0.39 is 12.2 Å². The van der Waals surface area contributed by atoms with Crippen molar-refractivity contribution >= 4 is 38.5 Å². The van der Waals surface area contributed by atoms with E-state index in [4.69, 9.17) is 5.11 Å². The first kappa shape index (κ1) is 8.70. The molecule has 0 unspecified atom stereocenters. The molecule has 2 nitrogen and oxygen atoms in total. The van der Waals surface area contributed by atoms with Gasteiger partial charge in [0.05, 0.1) is 0 Å². The summed E-state index contributed by atoms with van der Waals surface area (Å²) in [6, 6.07) is 0. The number of rotatable bonds is 0. The molecule has 0 aromatic heterocycles. The second-order valence-electron chi connectivity index (χ2n) is 2.02. The lowest BCUT2D eigenvalue weighted by atomic mass is 10.1.